The van der Waals surface area contributed by atoms with Gasteiger partial charge in [-0.3, -0.25) is 14.6 Å². The molecule has 1 aliphatic heterocycles. The van der Waals surface area contributed by atoms with Crippen LogP contribution in [-0.4, -0.2) is 58.4 Å². The number of aromatic hydroxyl groups is 1. The number of fused-ring (bicyclic) bond motifs is 1. The molecule has 1 unspecified atom stereocenters. The Balaban J connectivity index is 1.62. The van der Waals surface area contributed by atoms with Crippen molar-refractivity contribution in [2.24, 2.45) is 10.9 Å². The second kappa shape index (κ2) is 10.0. The average molecular weight is 567 g/mol. The Morgan fingerprint density at radius 2 is 2.05 bits per heavy atom. The topological polar surface area (TPSA) is 140 Å². The molecule has 2 aliphatic rings. The molecule has 40 heavy (non-hydrogen) atoms. The molecule has 2 aromatic heterocycles. The zero-order valence-electron chi connectivity index (χ0n) is 21.8. The normalized spacial score (nSPS) is 18.2. The average Bonchev–Trinajstić information content (AvgIpc) is 3.63. The number of pyridine rings is 1. The number of allylic oxidation sites excluding steroid dienone is 2. The van der Waals surface area contributed by atoms with E-state index in [1.807, 2.05) is 0 Å². The minimum Gasteiger partial charge on any atom is -0.506 e. The first-order valence-electron chi connectivity index (χ1n) is 12.5. The number of aliphatic imine (C=N–C) groups is 1. The second-order valence-electron chi connectivity index (χ2n) is 9.91. The number of rotatable bonds is 9. The number of ether oxygens (including phenoxy) is 1. The Kier molecular flexibility index (Phi) is 6.82. The molecule has 0 spiro atoms. The fourth-order valence-electron chi connectivity index (χ4n) is 5.00. The Morgan fingerprint density at radius 1 is 1.30 bits per heavy atom. The third-order valence-corrected chi connectivity index (χ3v) is 9.73. The number of methoxy groups -OCH3 is 1. The largest absolute Gasteiger partial charge is 0.506 e. The quantitative estimate of drug-likeness (QED) is 0.376. The van der Waals surface area contributed by atoms with Crippen LogP contribution in [0.3, 0.4) is 0 Å². The van der Waals surface area contributed by atoms with Crippen LogP contribution in [0.25, 0.3) is 22.0 Å². The first-order chi connectivity index (χ1) is 19.0. The number of hydrogen-bond acceptors (Lipinski definition) is 7. The number of nitrogens with one attached hydrogen (secondary N) is 1. The SMILES string of the molecule is C=CCC1(S(=O)(=O)n2cc(O)c3c(C(=O)NCC4C(=O)N=C(C)C=C4OC)cc(-c4cncc(F)c4)cc32)CC1. The van der Waals surface area contributed by atoms with Crippen molar-refractivity contribution < 1.29 is 32.2 Å². The summed E-state index contributed by atoms with van der Waals surface area (Å²) in [6, 6.07) is 4.09. The number of dihydropyridines is 1. The van der Waals surface area contributed by atoms with Gasteiger partial charge in [-0.1, -0.05) is 6.08 Å². The van der Waals surface area contributed by atoms with Crippen LogP contribution < -0.4 is 5.32 Å². The number of carbonyl (C=O) groups is 2. The van der Waals surface area contributed by atoms with Crippen molar-refractivity contribution in [2.75, 3.05) is 13.7 Å². The van der Waals surface area contributed by atoms with Crippen LogP contribution in [0.1, 0.15) is 36.5 Å². The van der Waals surface area contributed by atoms with Gasteiger partial charge < -0.3 is 15.2 Å². The van der Waals surface area contributed by atoms with Crippen molar-refractivity contribution in [3.63, 3.8) is 0 Å². The van der Waals surface area contributed by atoms with Crippen LogP contribution in [0.4, 0.5) is 4.39 Å². The van der Waals surface area contributed by atoms with Crippen LogP contribution in [0.15, 0.2) is 66.3 Å². The minimum absolute atomic E-state index is 0.00469. The molecule has 0 saturated heterocycles. The number of nitrogens with zero attached hydrogens (tertiary/aromatic N) is 3. The monoisotopic (exact) mass is 566 g/mol. The maximum Gasteiger partial charge on any atom is 0.258 e. The van der Waals surface area contributed by atoms with E-state index in [0.717, 1.165) is 16.4 Å². The third-order valence-electron chi connectivity index (χ3n) is 7.25. The highest BCUT2D eigenvalue weighted by molar-refractivity contribution is 7.91. The van der Waals surface area contributed by atoms with Crippen molar-refractivity contribution in [1.82, 2.24) is 14.3 Å². The Bertz CT molecular complexity index is 1740. The zero-order chi connectivity index (χ0) is 28.8. The smallest absolute Gasteiger partial charge is 0.258 e. The number of hydrogen-bond donors (Lipinski definition) is 2. The van der Waals surface area contributed by atoms with Gasteiger partial charge in [0.1, 0.15) is 23.2 Å². The molecule has 208 valence electrons. The molecule has 12 heteroatoms. The van der Waals surface area contributed by atoms with Crippen LogP contribution in [0.2, 0.25) is 0 Å². The van der Waals surface area contributed by atoms with E-state index < -0.39 is 44.1 Å². The molecule has 2 amide bonds. The Hall–Kier alpha value is -4.32. The fourth-order valence-corrected chi connectivity index (χ4v) is 7.00. The van der Waals surface area contributed by atoms with Gasteiger partial charge >= 0.3 is 0 Å². The van der Waals surface area contributed by atoms with Crippen molar-refractivity contribution in [3.05, 3.63) is 72.7 Å². The molecular formula is C28H27FN4O6S. The van der Waals surface area contributed by atoms with Crippen LogP contribution in [-0.2, 0) is 19.6 Å². The first kappa shape index (κ1) is 27.3. The highest BCUT2D eigenvalue weighted by atomic mass is 32.2. The lowest BCUT2D eigenvalue weighted by Crippen LogP contribution is -2.35. The van der Waals surface area contributed by atoms with E-state index in [2.05, 4.69) is 21.9 Å². The second-order valence-corrected chi connectivity index (χ2v) is 12.1. The van der Waals surface area contributed by atoms with E-state index in [0.29, 0.717) is 35.4 Å². The summed E-state index contributed by atoms with van der Waals surface area (Å²) in [6.45, 7) is 5.16. The minimum atomic E-state index is -4.02. The Labute approximate surface area is 229 Å². The van der Waals surface area contributed by atoms with Gasteiger partial charge in [-0.25, -0.2) is 21.8 Å². The van der Waals surface area contributed by atoms with Gasteiger partial charge in [-0.05, 0) is 56.0 Å². The van der Waals surface area contributed by atoms with E-state index >= 15 is 0 Å². The van der Waals surface area contributed by atoms with Crippen LogP contribution >= 0.6 is 0 Å². The summed E-state index contributed by atoms with van der Waals surface area (Å²) in [4.78, 5) is 33.8. The van der Waals surface area contributed by atoms with E-state index in [1.165, 1.54) is 31.5 Å². The standard InChI is InChI=1S/C28H27FN4O6S/c1-4-5-28(6-7-28)40(37,38)33-15-23(34)25-20(10-17(11-22(25)33)18-9-19(29)13-30-12-18)26(35)31-14-21-24(39-3)8-16(2)32-27(21)36/h4,8-13,15,21,34H,1,5-7,14H2,2-3H3,(H,31,35). The highest BCUT2D eigenvalue weighted by Gasteiger charge is 2.54. The van der Waals surface area contributed by atoms with Gasteiger partial charge in [0.05, 0.1) is 40.7 Å². The molecule has 10 nitrogen and oxygen atoms in total. The number of benzene rings is 1. The molecule has 1 aromatic carbocycles. The Morgan fingerprint density at radius 3 is 2.70 bits per heavy atom. The van der Waals surface area contributed by atoms with E-state index in [4.69, 9.17) is 4.74 Å². The van der Waals surface area contributed by atoms with Crippen molar-refractivity contribution >= 4 is 38.5 Å². The molecule has 0 radical (unpaired) electrons. The van der Waals surface area contributed by atoms with Crippen LogP contribution in [0, 0.1) is 11.7 Å². The lowest BCUT2D eigenvalue weighted by atomic mass is 9.99. The molecule has 0 bridgehead atoms. The highest BCUT2D eigenvalue weighted by Crippen LogP contribution is 2.49. The summed E-state index contributed by atoms with van der Waals surface area (Å²) >= 11 is 0. The number of aromatic nitrogens is 2. The van der Waals surface area contributed by atoms with Gasteiger partial charge in [0.25, 0.3) is 11.8 Å². The predicted octanol–water partition coefficient (Wildman–Crippen LogP) is 3.71. The summed E-state index contributed by atoms with van der Waals surface area (Å²) in [7, 11) is -2.61. The van der Waals surface area contributed by atoms with E-state index in [9.17, 15) is 27.5 Å². The van der Waals surface area contributed by atoms with E-state index in [-0.39, 0.29) is 29.4 Å². The predicted molar refractivity (Wildman–Crippen MR) is 147 cm³/mol. The molecule has 3 aromatic rings. The number of carbonyl (C=O) groups excluding carboxylic acids is 2. The molecular weight excluding hydrogens is 539 g/mol. The summed E-state index contributed by atoms with van der Waals surface area (Å²) in [5.74, 6) is -2.76. The lowest BCUT2D eigenvalue weighted by Gasteiger charge is -2.20. The van der Waals surface area contributed by atoms with Crippen molar-refractivity contribution in [2.45, 2.75) is 30.9 Å². The molecule has 1 saturated carbocycles. The first-order valence-corrected chi connectivity index (χ1v) is 13.9. The molecule has 5 rings (SSSR count). The van der Waals surface area contributed by atoms with E-state index in [1.54, 1.807) is 19.1 Å². The molecule has 1 aliphatic carbocycles. The number of amides is 2. The summed E-state index contributed by atoms with van der Waals surface area (Å²) in [5, 5.41) is 13.6. The molecule has 1 atom stereocenters. The fraction of sp³-hybridized carbons (Fsp3) is 0.286. The van der Waals surface area contributed by atoms with Gasteiger partial charge in [-0.15, -0.1) is 6.58 Å². The zero-order valence-corrected chi connectivity index (χ0v) is 22.7. The van der Waals surface area contributed by atoms with Gasteiger partial charge in [-0.2, -0.15) is 0 Å². The summed E-state index contributed by atoms with van der Waals surface area (Å²) in [5.41, 5.74) is 1.05. The van der Waals surface area contributed by atoms with Gasteiger partial charge in [0.15, 0.2) is 0 Å². The third kappa shape index (κ3) is 4.57. The summed E-state index contributed by atoms with van der Waals surface area (Å²) in [6.07, 6.45) is 7.69. The maximum atomic E-state index is 14.1. The molecule has 1 fully saturated rings. The molecule has 2 N–H and O–H groups in total. The van der Waals surface area contributed by atoms with Gasteiger partial charge in [0, 0.05) is 24.0 Å². The van der Waals surface area contributed by atoms with Crippen LogP contribution in [0.5, 0.6) is 5.75 Å². The molecule has 3 heterocycles. The number of halogens is 1. The lowest BCUT2D eigenvalue weighted by molar-refractivity contribution is -0.121. The van der Waals surface area contributed by atoms with Crippen molar-refractivity contribution in [3.8, 4) is 16.9 Å². The van der Waals surface area contributed by atoms with Gasteiger partial charge in [0.2, 0.25) is 10.0 Å². The van der Waals surface area contributed by atoms with Crippen molar-refractivity contribution in [1.29, 1.82) is 0 Å². The maximum absolute atomic E-state index is 14.1. The summed E-state index contributed by atoms with van der Waals surface area (Å²) < 4.78 is 46.8.